The van der Waals surface area contributed by atoms with Gasteiger partial charge in [-0.3, -0.25) is 0 Å². The molecule has 0 radical (unpaired) electrons. The topological polar surface area (TPSA) is 98.6 Å². The van der Waals surface area contributed by atoms with Crippen LogP contribution in [-0.4, -0.2) is 17.2 Å². The van der Waals surface area contributed by atoms with Gasteiger partial charge in [0.25, 0.3) is 0 Å². The molecule has 0 bridgehead atoms. The zero-order valence-electron chi connectivity index (χ0n) is 15.6. The summed E-state index contributed by atoms with van der Waals surface area (Å²) < 4.78 is 56.7. The number of hydrogen-bond donors (Lipinski definition) is 3. The van der Waals surface area contributed by atoms with Crippen LogP contribution in [0.4, 0.5) is 28.9 Å². The largest absolute Gasteiger partial charge is 0.417 e. The maximum atomic E-state index is 15.4. The van der Waals surface area contributed by atoms with Crippen LogP contribution >= 0.6 is 0 Å². The van der Waals surface area contributed by atoms with Crippen molar-refractivity contribution in [3.05, 3.63) is 40.3 Å². The van der Waals surface area contributed by atoms with Gasteiger partial charge < -0.3 is 16.5 Å². The van der Waals surface area contributed by atoms with Crippen LogP contribution in [0, 0.1) is 29.5 Å². The minimum absolute atomic E-state index is 0.00747. The van der Waals surface area contributed by atoms with Crippen molar-refractivity contribution < 1.29 is 17.6 Å². The van der Waals surface area contributed by atoms with Gasteiger partial charge in [0.15, 0.2) is 5.82 Å². The summed E-state index contributed by atoms with van der Waals surface area (Å²) >= 11 is 0. The number of rotatable bonds is 6. The fourth-order valence-corrected chi connectivity index (χ4v) is 3.28. The van der Waals surface area contributed by atoms with Gasteiger partial charge in [0.2, 0.25) is 0 Å². The summed E-state index contributed by atoms with van der Waals surface area (Å²) in [4.78, 5) is 4.12. The quantitative estimate of drug-likeness (QED) is 0.364. The molecule has 1 fully saturated rings. The molecule has 0 atom stereocenters. The fourth-order valence-electron chi connectivity index (χ4n) is 3.28. The number of nitriles is 1. The number of alkyl halides is 3. The third-order valence-electron chi connectivity index (χ3n) is 4.69. The van der Waals surface area contributed by atoms with Crippen molar-refractivity contribution in [2.45, 2.75) is 44.8 Å². The zero-order chi connectivity index (χ0) is 21.3. The molecule has 1 aliphatic carbocycles. The van der Waals surface area contributed by atoms with Crippen molar-refractivity contribution in [2.24, 2.45) is 0 Å². The second kappa shape index (κ2) is 7.70. The Labute approximate surface area is 165 Å². The third-order valence-corrected chi connectivity index (χ3v) is 4.69. The van der Waals surface area contributed by atoms with Crippen LogP contribution in [0.3, 0.4) is 0 Å². The summed E-state index contributed by atoms with van der Waals surface area (Å²) in [6, 6.07) is 4.16. The molecule has 9 heteroatoms. The molecule has 0 saturated heterocycles. The van der Waals surface area contributed by atoms with Crippen LogP contribution in [-0.2, 0) is 12.6 Å². The monoisotopic (exact) mass is 405 g/mol. The summed E-state index contributed by atoms with van der Waals surface area (Å²) in [5, 5.41) is 19.5. The number of nitrogens with zero attached hydrogens (tertiary/aromatic N) is 2. The predicted molar refractivity (Wildman–Crippen MR) is 102 cm³/mol. The molecule has 0 unspecified atom stereocenters. The van der Waals surface area contributed by atoms with Crippen LogP contribution in [0.15, 0.2) is 12.1 Å². The lowest BCUT2D eigenvalue weighted by Gasteiger charge is -2.20. The zero-order valence-corrected chi connectivity index (χ0v) is 15.6. The normalized spacial score (nSPS) is 13.8. The Bertz CT molecular complexity index is 1000. The number of benzene rings is 1. The van der Waals surface area contributed by atoms with Gasteiger partial charge in [0.05, 0.1) is 23.0 Å². The standard InChI is InChI=1S/C20H19F4N5/c1-10-7-11(27)8-13(16(10)20(22,23)24)18-17(21)19(28-12-4-5-12)14(9-26)15(29-18)3-2-6-25/h7-9,12,26H,2-5,27H2,1H3,(H,28,29). The first-order valence-corrected chi connectivity index (χ1v) is 9.01. The molecular weight excluding hydrogens is 386 g/mol. The molecule has 152 valence electrons. The molecule has 0 spiro atoms. The number of hydrogen-bond acceptors (Lipinski definition) is 5. The number of anilines is 2. The minimum atomic E-state index is -4.74. The van der Waals surface area contributed by atoms with E-state index in [9.17, 15) is 13.2 Å². The smallest absolute Gasteiger partial charge is 0.399 e. The summed E-state index contributed by atoms with van der Waals surface area (Å²) in [6.45, 7) is 1.26. The number of nitrogens with two attached hydrogens (primary N) is 1. The van der Waals surface area contributed by atoms with Gasteiger partial charge in [0, 0.05) is 41.9 Å². The molecule has 1 saturated carbocycles. The van der Waals surface area contributed by atoms with Gasteiger partial charge in [-0.25, -0.2) is 9.37 Å². The molecule has 0 aliphatic heterocycles. The number of halogens is 4. The third kappa shape index (κ3) is 4.16. The lowest BCUT2D eigenvalue weighted by molar-refractivity contribution is -0.137. The Morgan fingerprint density at radius 1 is 1.38 bits per heavy atom. The highest BCUT2D eigenvalue weighted by Gasteiger charge is 2.37. The summed E-state index contributed by atoms with van der Waals surface area (Å²) in [5.74, 6) is -0.966. The first-order valence-electron chi connectivity index (χ1n) is 9.01. The molecule has 1 aliphatic rings. The summed E-state index contributed by atoms with van der Waals surface area (Å²) in [6.07, 6.45) is -2.12. The highest BCUT2D eigenvalue weighted by atomic mass is 19.4. The van der Waals surface area contributed by atoms with Gasteiger partial charge in [-0.05, 0) is 37.5 Å². The SMILES string of the molecule is Cc1cc(N)cc(-c2nc(CCC#N)c(C=N)c(NC3CC3)c2F)c1C(F)(F)F. The average molecular weight is 405 g/mol. The molecule has 3 rings (SSSR count). The summed E-state index contributed by atoms with van der Waals surface area (Å²) in [7, 11) is 0. The van der Waals surface area contributed by atoms with Gasteiger partial charge in [0.1, 0.15) is 5.69 Å². The molecule has 2 aromatic rings. The van der Waals surface area contributed by atoms with Crippen LogP contribution < -0.4 is 11.1 Å². The average Bonchev–Trinajstić information content (AvgIpc) is 3.44. The lowest BCUT2D eigenvalue weighted by atomic mass is 9.95. The van der Waals surface area contributed by atoms with E-state index in [1.54, 1.807) is 0 Å². The molecule has 0 amide bonds. The minimum Gasteiger partial charge on any atom is -0.399 e. The number of nitrogen functional groups attached to an aromatic ring is 1. The molecule has 1 heterocycles. The highest BCUT2D eigenvalue weighted by molar-refractivity contribution is 5.90. The van der Waals surface area contributed by atoms with E-state index >= 15 is 4.39 Å². The van der Waals surface area contributed by atoms with E-state index in [2.05, 4.69) is 10.3 Å². The summed E-state index contributed by atoms with van der Waals surface area (Å²) in [5.41, 5.74) is 3.98. The Hall–Kier alpha value is -3.15. The van der Waals surface area contributed by atoms with Crippen LogP contribution in [0.5, 0.6) is 0 Å². The molecule has 1 aromatic heterocycles. The van der Waals surface area contributed by atoms with Crippen molar-refractivity contribution in [3.8, 4) is 17.3 Å². The maximum absolute atomic E-state index is 15.4. The van der Waals surface area contributed by atoms with E-state index < -0.39 is 28.8 Å². The van der Waals surface area contributed by atoms with E-state index in [1.165, 1.54) is 13.0 Å². The van der Waals surface area contributed by atoms with Crippen LogP contribution in [0.25, 0.3) is 11.3 Å². The second-order valence-corrected chi connectivity index (χ2v) is 6.99. The van der Waals surface area contributed by atoms with Gasteiger partial charge in [-0.15, -0.1) is 0 Å². The molecule has 5 nitrogen and oxygen atoms in total. The molecule has 29 heavy (non-hydrogen) atoms. The second-order valence-electron chi connectivity index (χ2n) is 6.99. The van der Waals surface area contributed by atoms with Crippen molar-refractivity contribution in [3.63, 3.8) is 0 Å². The molecular formula is C20H19F4N5. The first kappa shape index (κ1) is 20.6. The highest BCUT2D eigenvalue weighted by Crippen LogP contribution is 2.42. The Balaban J connectivity index is 2.32. The van der Waals surface area contributed by atoms with Crippen molar-refractivity contribution in [1.29, 1.82) is 10.7 Å². The lowest BCUT2D eigenvalue weighted by Crippen LogP contribution is -2.15. The number of nitrogens with one attached hydrogen (secondary N) is 2. The van der Waals surface area contributed by atoms with E-state index in [0.717, 1.165) is 25.1 Å². The first-order chi connectivity index (χ1) is 13.7. The van der Waals surface area contributed by atoms with Crippen LogP contribution in [0.1, 0.15) is 41.6 Å². The Morgan fingerprint density at radius 3 is 2.62 bits per heavy atom. The van der Waals surface area contributed by atoms with Gasteiger partial charge >= 0.3 is 6.18 Å². The van der Waals surface area contributed by atoms with E-state index in [0.29, 0.717) is 0 Å². The van der Waals surface area contributed by atoms with E-state index in [4.69, 9.17) is 16.4 Å². The van der Waals surface area contributed by atoms with Crippen molar-refractivity contribution >= 4 is 17.6 Å². The molecule has 1 aromatic carbocycles. The van der Waals surface area contributed by atoms with Gasteiger partial charge in [-0.2, -0.15) is 18.4 Å². The van der Waals surface area contributed by atoms with Crippen molar-refractivity contribution in [1.82, 2.24) is 4.98 Å². The number of aromatic nitrogens is 1. The maximum Gasteiger partial charge on any atom is 0.417 e. The van der Waals surface area contributed by atoms with E-state index in [1.807, 2.05) is 6.07 Å². The molecule has 4 N–H and O–H groups in total. The Morgan fingerprint density at radius 2 is 2.07 bits per heavy atom. The van der Waals surface area contributed by atoms with E-state index in [-0.39, 0.29) is 47.1 Å². The fraction of sp³-hybridized carbons (Fsp3) is 0.350. The number of pyridine rings is 1. The van der Waals surface area contributed by atoms with Crippen LogP contribution in [0.2, 0.25) is 0 Å². The Kier molecular flexibility index (Phi) is 5.46. The number of aryl methyl sites for hydroxylation is 2. The predicted octanol–water partition coefficient (Wildman–Crippen LogP) is 4.83. The van der Waals surface area contributed by atoms with Gasteiger partial charge in [-0.1, -0.05) is 0 Å². The van der Waals surface area contributed by atoms with Crippen molar-refractivity contribution in [2.75, 3.05) is 11.1 Å².